The highest BCUT2D eigenvalue weighted by Gasteiger charge is 2.18. The topological polar surface area (TPSA) is 95.6 Å². The van der Waals surface area contributed by atoms with E-state index < -0.39 is 15.9 Å². The molecule has 0 aromatic heterocycles. The molecule has 7 nitrogen and oxygen atoms in total. The number of amides is 3. The first-order valence-corrected chi connectivity index (χ1v) is 9.48. The summed E-state index contributed by atoms with van der Waals surface area (Å²) in [6.07, 6.45) is 0. The molecule has 0 heterocycles. The third-order valence-electron chi connectivity index (χ3n) is 3.09. The number of nitrogens with zero attached hydrogens (tertiary/aromatic N) is 1. The molecule has 0 fully saturated rings. The summed E-state index contributed by atoms with van der Waals surface area (Å²) in [5.41, 5.74) is 0.693. The maximum atomic E-state index is 12.2. The Balaban J connectivity index is 0.00000218. The van der Waals surface area contributed by atoms with Crippen LogP contribution in [0.15, 0.2) is 59.5 Å². The standard InChI is InChI=1S/C16H17N3O4S.C2H6.H2/c1-19(2)16(21)17-13-8-10-14(11-9-13)24(22,23)18-15(20)12-6-4-3-5-7-12;1-2;/h3-11H,1-2H3,(H,17,21)(H,18,20);1-2H3;1H. The number of carbonyl (C=O) groups is 2. The second-order valence-electron chi connectivity index (χ2n) is 5.15. The van der Waals surface area contributed by atoms with Crippen LogP contribution >= 0.6 is 0 Å². The van der Waals surface area contributed by atoms with Crippen molar-refractivity contribution in [3.05, 3.63) is 60.2 Å². The summed E-state index contributed by atoms with van der Waals surface area (Å²) < 4.78 is 26.5. The van der Waals surface area contributed by atoms with Gasteiger partial charge in [-0.2, -0.15) is 0 Å². The first kappa shape index (κ1) is 21.2. The van der Waals surface area contributed by atoms with Crippen LogP contribution in [0.25, 0.3) is 0 Å². The van der Waals surface area contributed by atoms with E-state index in [1.54, 1.807) is 32.3 Å². The zero-order valence-electron chi connectivity index (χ0n) is 15.2. The monoisotopic (exact) mass is 379 g/mol. The molecule has 2 aromatic rings. The lowest BCUT2D eigenvalue weighted by atomic mass is 10.2. The third-order valence-corrected chi connectivity index (χ3v) is 4.43. The minimum absolute atomic E-state index is 0. The molecule has 0 unspecified atom stereocenters. The van der Waals surface area contributed by atoms with Gasteiger partial charge in [0.1, 0.15) is 0 Å². The number of anilines is 1. The Kier molecular flexibility index (Phi) is 7.79. The Morgan fingerprint density at radius 1 is 0.923 bits per heavy atom. The maximum absolute atomic E-state index is 12.2. The summed E-state index contributed by atoms with van der Waals surface area (Å²) in [6.45, 7) is 4.00. The van der Waals surface area contributed by atoms with Gasteiger partial charge in [-0.05, 0) is 36.4 Å². The molecule has 26 heavy (non-hydrogen) atoms. The van der Waals surface area contributed by atoms with Crippen LogP contribution in [-0.2, 0) is 10.0 Å². The van der Waals surface area contributed by atoms with Crippen LogP contribution < -0.4 is 10.0 Å². The first-order valence-electron chi connectivity index (χ1n) is 8.00. The van der Waals surface area contributed by atoms with Gasteiger partial charge in [0.15, 0.2) is 0 Å². The molecular formula is C18H25N3O4S. The van der Waals surface area contributed by atoms with Gasteiger partial charge in [-0.1, -0.05) is 32.0 Å². The Morgan fingerprint density at radius 3 is 1.96 bits per heavy atom. The van der Waals surface area contributed by atoms with Crippen molar-refractivity contribution < 1.29 is 19.4 Å². The number of hydrogen-bond acceptors (Lipinski definition) is 4. The number of nitrogens with one attached hydrogen (secondary N) is 2. The van der Waals surface area contributed by atoms with E-state index in [-0.39, 0.29) is 17.9 Å². The van der Waals surface area contributed by atoms with Crippen molar-refractivity contribution in [1.29, 1.82) is 0 Å². The molecular weight excluding hydrogens is 354 g/mol. The lowest BCUT2D eigenvalue weighted by Crippen LogP contribution is -2.30. The molecule has 0 bridgehead atoms. The van der Waals surface area contributed by atoms with Crippen LogP contribution in [0.1, 0.15) is 25.6 Å². The molecule has 0 atom stereocenters. The Labute approximate surface area is 155 Å². The van der Waals surface area contributed by atoms with Crippen LogP contribution in [0.3, 0.4) is 0 Å². The fraction of sp³-hybridized carbons (Fsp3) is 0.222. The summed E-state index contributed by atoms with van der Waals surface area (Å²) >= 11 is 0. The van der Waals surface area contributed by atoms with E-state index >= 15 is 0 Å². The van der Waals surface area contributed by atoms with E-state index in [0.717, 1.165) is 0 Å². The van der Waals surface area contributed by atoms with Crippen molar-refractivity contribution in [3.8, 4) is 0 Å². The molecule has 3 amide bonds. The fourth-order valence-electron chi connectivity index (χ4n) is 1.78. The largest absolute Gasteiger partial charge is 0.331 e. The zero-order valence-corrected chi connectivity index (χ0v) is 16.0. The predicted octanol–water partition coefficient (Wildman–Crippen LogP) is 3.17. The first-order chi connectivity index (χ1) is 12.3. The molecule has 0 radical (unpaired) electrons. The van der Waals surface area contributed by atoms with E-state index in [1.807, 2.05) is 18.6 Å². The van der Waals surface area contributed by atoms with Crippen molar-refractivity contribution in [2.75, 3.05) is 19.4 Å². The molecule has 2 N–H and O–H groups in total. The summed E-state index contributed by atoms with van der Waals surface area (Å²) in [5.74, 6) is -0.708. The second kappa shape index (κ2) is 9.57. The third kappa shape index (κ3) is 5.89. The van der Waals surface area contributed by atoms with Gasteiger partial charge in [-0.25, -0.2) is 17.9 Å². The highest BCUT2D eigenvalue weighted by Crippen LogP contribution is 2.15. The van der Waals surface area contributed by atoms with Crippen molar-refractivity contribution in [2.45, 2.75) is 18.7 Å². The second-order valence-corrected chi connectivity index (χ2v) is 6.83. The Hall–Kier alpha value is -2.87. The van der Waals surface area contributed by atoms with E-state index in [4.69, 9.17) is 0 Å². The van der Waals surface area contributed by atoms with Gasteiger partial charge in [-0.3, -0.25) is 4.79 Å². The molecule has 0 aliphatic carbocycles. The lowest BCUT2D eigenvalue weighted by Gasteiger charge is -2.12. The molecule has 142 valence electrons. The van der Waals surface area contributed by atoms with Crippen LogP contribution in [0, 0.1) is 0 Å². The maximum Gasteiger partial charge on any atom is 0.321 e. The molecule has 2 aromatic carbocycles. The molecule has 0 spiro atoms. The molecule has 2 rings (SSSR count). The summed E-state index contributed by atoms with van der Waals surface area (Å²) in [6, 6.07) is 13.2. The van der Waals surface area contributed by atoms with Gasteiger partial charge < -0.3 is 10.2 Å². The van der Waals surface area contributed by atoms with Crippen molar-refractivity contribution >= 4 is 27.6 Å². The van der Waals surface area contributed by atoms with Gasteiger partial charge in [0.2, 0.25) is 0 Å². The van der Waals surface area contributed by atoms with E-state index in [9.17, 15) is 18.0 Å². The highest BCUT2D eigenvalue weighted by atomic mass is 32.2. The Morgan fingerprint density at radius 2 is 1.46 bits per heavy atom. The van der Waals surface area contributed by atoms with Gasteiger partial charge in [0.25, 0.3) is 15.9 Å². The summed E-state index contributed by atoms with van der Waals surface area (Å²) in [5, 5.41) is 2.59. The zero-order chi connectivity index (χ0) is 19.7. The van der Waals surface area contributed by atoms with Gasteiger partial charge in [-0.15, -0.1) is 0 Å². The quantitative estimate of drug-likeness (QED) is 0.853. The summed E-state index contributed by atoms with van der Waals surface area (Å²) in [7, 11) is -0.811. The number of rotatable bonds is 4. The van der Waals surface area contributed by atoms with Crippen LogP contribution in [-0.4, -0.2) is 39.4 Å². The van der Waals surface area contributed by atoms with E-state index in [2.05, 4.69) is 5.32 Å². The average molecular weight is 379 g/mol. The molecule has 0 saturated carbocycles. The van der Waals surface area contributed by atoms with Crippen molar-refractivity contribution in [1.82, 2.24) is 9.62 Å². The molecule has 0 aliphatic rings. The molecule has 8 heteroatoms. The number of sulfonamides is 1. The highest BCUT2D eigenvalue weighted by molar-refractivity contribution is 7.90. The van der Waals surface area contributed by atoms with E-state index in [1.165, 1.54) is 41.3 Å². The number of urea groups is 1. The lowest BCUT2D eigenvalue weighted by molar-refractivity contribution is 0.0981. The van der Waals surface area contributed by atoms with Crippen LogP contribution in [0.4, 0.5) is 10.5 Å². The predicted molar refractivity (Wildman–Crippen MR) is 104 cm³/mol. The summed E-state index contributed by atoms with van der Waals surface area (Å²) in [4.78, 5) is 24.8. The van der Waals surface area contributed by atoms with Gasteiger partial charge in [0, 0.05) is 26.8 Å². The van der Waals surface area contributed by atoms with Crippen molar-refractivity contribution in [3.63, 3.8) is 0 Å². The number of hydrogen-bond donors (Lipinski definition) is 2. The average Bonchev–Trinajstić information content (AvgIpc) is 2.64. The minimum atomic E-state index is -3.99. The van der Waals surface area contributed by atoms with E-state index in [0.29, 0.717) is 5.69 Å². The van der Waals surface area contributed by atoms with Gasteiger partial charge in [0.05, 0.1) is 4.90 Å². The van der Waals surface area contributed by atoms with Crippen LogP contribution in [0.2, 0.25) is 0 Å². The van der Waals surface area contributed by atoms with Gasteiger partial charge >= 0.3 is 6.03 Å². The SMILES string of the molecule is CC.CN(C)C(=O)Nc1ccc(S(=O)(=O)NC(=O)c2ccccc2)cc1.[HH]. The minimum Gasteiger partial charge on any atom is -0.331 e. The fourth-order valence-corrected chi connectivity index (χ4v) is 2.76. The number of benzene rings is 2. The Bertz CT molecular complexity index is 839. The van der Waals surface area contributed by atoms with Crippen LogP contribution in [0.5, 0.6) is 0 Å². The smallest absolute Gasteiger partial charge is 0.321 e. The normalized spacial score (nSPS) is 10.2. The van der Waals surface area contributed by atoms with Crippen molar-refractivity contribution in [2.24, 2.45) is 0 Å². The number of carbonyl (C=O) groups excluding carboxylic acids is 2. The molecule has 0 saturated heterocycles. The molecule has 0 aliphatic heterocycles.